The molecular weight excluding hydrogens is 210 g/mol. The molecule has 1 heterocycles. The van der Waals surface area contributed by atoms with E-state index < -0.39 is 12.0 Å². The molecule has 0 spiro atoms. The summed E-state index contributed by atoms with van der Waals surface area (Å²) in [5.41, 5.74) is 5.42. The van der Waals surface area contributed by atoms with Gasteiger partial charge in [0.2, 0.25) is 0 Å². The van der Waals surface area contributed by atoms with Gasteiger partial charge in [-0.05, 0) is 19.3 Å². The number of nitrogens with zero attached hydrogens (tertiary/aromatic N) is 1. The zero-order valence-corrected chi connectivity index (χ0v) is 9.48. The molecule has 2 atom stereocenters. The Balaban J connectivity index is 2.64. The number of nitrogens with one attached hydrogen (secondary N) is 1. The minimum Gasteiger partial charge on any atom is -0.480 e. The van der Waals surface area contributed by atoms with Crippen molar-refractivity contribution in [2.24, 2.45) is 5.73 Å². The van der Waals surface area contributed by atoms with Gasteiger partial charge in [-0.25, -0.2) is 4.79 Å². The van der Waals surface area contributed by atoms with Crippen molar-refractivity contribution in [3.8, 4) is 0 Å². The van der Waals surface area contributed by atoms with Crippen LogP contribution in [0.15, 0.2) is 0 Å². The van der Waals surface area contributed by atoms with Gasteiger partial charge in [-0.1, -0.05) is 6.92 Å². The molecule has 0 bridgehead atoms. The van der Waals surface area contributed by atoms with Crippen molar-refractivity contribution in [2.75, 3.05) is 13.2 Å². The molecule has 0 aromatic carbocycles. The molecule has 92 valence electrons. The molecule has 1 saturated heterocycles. The summed E-state index contributed by atoms with van der Waals surface area (Å²) in [6.07, 6.45) is 2.30. The molecule has 2 unspecified atom stereocenters. The van der Waals surface area contributed by atoms with Gasteiger partial charge in [0, 0.05) is 13.2 Å². The average Bonchev–Trinajstić information content (AvgIpc) is 2.69. The van der Waals surface area contributed by atoms with Crippen molar-refractivity contribution in [3.63, 3.8) is 0 Å². The second-order valence-electron chi connectivity index (χ2n) is 3.93. The van der Waals surface area contributed by atoms with Crippen molar-refractivity contribution >= 4 is 11.9 Å². The van der Waals surface area contributed by atoms with E-state index >= 15 is 0 Å². The first-order chi connectivity index (χ1) is 7.56. The summed E-state index contributed by atoms with van der Waals surface area (Å²) in [7, 11) is 0. The highest BCUT2D eigenvalue weighted by molar-refractivity contribution is 5.82. The van der Waals surface area contributed by atoms with Crippen LogP contribution in [-0.2, 0) is 9.53 Å². The van der Waals surface area contributed by atoms with Crippen LogP contribution in [0, 0.1) is 5.41 Å². The third-order valence-corrected chi connectivity index (χ3v) is 2.78. The molecule has 6 nitrogen and oxygen atoms in total. The SMILES string of the molecule is CCC(C(=O)O)N(CC1CCCO1)C(=N)N. The summed E-state index contributed by atoms with van der Waals surface area (Å²) in [6, 6.07) is -0.735. The standard InChI is InChI=1S/C10H19N3O3/c1-2-8(9(14)15)13(10(11)12)6-7-4-3-5-16-7/h7-8H,2-6H2,1H3,(H3,11,12)(H,14,15). The molecule has 6 heteroatoms. The number of hydrogen-bond acceptors (Lipinski definition) is 3. The van der Waals surface area contributed by atoms with Crippen LogP contribution in [0.5, 0.6) is 0 Å². The molecule has 0 aromatic heterocycles. The first-order valence-corrected chi connectivity index (χ1v) is 5.51. The van der Waals surface area contributed by atoms with E-state index in [4.69, 9.17) is 21.0 Å². The van der Waals surface area contributed by atoms with Gasteiger partial charge in [0.15, 0.2) is 5.96 Å². The van der Waals surface area contributed by atoms with Gasteiger partial charge in [0.1, 0.15) is 6.04 Å². The van der Waals surface area contributed by atoms with E-state index in [9.17, 15) is 4.79 Å². The Hall–Kier alpha value is -1.30. The molecule has 16 heavy (non-hydrogen) atoms. The van der Waals surface area contributed by atoms with Gasteiger partial charge >= 0.3 is 5.97 Å². The lowest BCUT2D eigenvalue weighted by Gasteiger charge is -2.30. The fourth-order valence-corrected chi connectivity index (χ4v) is 1.93. The van der Waals surface area contributed by atoms with Crippen molar-refractivity contribution in [2.45, 2.75) is 38.3 Å². The molecule has 4 N–H and O–H groups in total. The average molecular weight is 229 g/mol. The van der Waals surface area contributed by atoms with Crippen LogP contribution < -0.4 is 5.73 Å². The third kappa shape index (κ3) is 3.10. The predicted octanol–water partition coefficient (Wildman–Crippen LogP) is 0.224. The Morgan fingerprint density at radius 2 is 2.44 bits per heavy atom. The topological polar surface area (TPSA) is 99.6 Å². The lowest BCUT2D eigenvalue weighted by molar-refractivity contribution is -0.142. The van der Waals surface area contributed by atoms with E-state index in [1.807, 2.05) is 0 Å². The normalized spacial score (nSPS) is 21.7. The summed E-state index contributed by atoms with van der Waals surface area (Å²) in [6.45, 7) is 2.87. The Kier molecular flexibility index (Phi) is 4.54. The Labute approximate surface area is 94.9 Å². The summed E-state index contributed by atoms with van der Waals surface area (Å²) in [4.78, 5) is 12.4. The summed E-state index contributed by atoms with van der Waals surface area (Å²) in [5, 5.41) is 16.5. The summed E-state index contributed by atoms with van der Waals surface area (Å²) >= 11 is 0. The first kappa shape index (κ1) is 12.8. The maximum absolute atomic E-state index is 11.0. The molecule has 1 fully saturated rings. The van der Waals surface area contributed by atoms with Gasteiger partial charge < -0.3 is 20.5 Å². The Morgan fingerprint density at radius 1 is 1.75 bits per heavy atom. The zero-order chi connectivity index (χ0) is 12.1. The second kappa shape index (κ2) is 5.69. The molecule has 1 aliphatic heterocycles. The van der Waals surface area contributed by atoms with Gasteiger partial charge in [0.25, 0.3) is 0 Å². The first-order valence-electron chi connectivity index (χ1n) is 5.51. The smallest absolute Gasteiger partial charge is 0.326 e. The van der Waals surface area contributed by atoms with Crippen LogP contribution in [0.4, 0.5) is 0 Å². The van der Waals surface area contributed by atoms with E-state index in [2.05, 4.69) is 0 Å². The van der Waals surface area contributed by atoms with E-state index in [1.54, 1.807) is 6.92 Å². The van der Waals surface area contributed by atoms with Crippen LogP contribution in [0.25, 0.3) is 0 Å². The lowest BCUT2D eigenvalue weighted by Crippen LogP contribution is -2.50. The molecular formula is C10H19N3O3. The van der Waals surface area contributed by atoms with Crippen LogP contribution in [0.2, 0.25) is 0 Å². The van der Waals surface area contributed by atoms with Gasteiger partial charge in [-0.15, -0.1) is 0 Å². The molecule has 0 saturated carbocycles. The molecule has 0 radical (unpaired) electrons. The molecule has 0 aromatic rings. The predicted molar refractivity (Wildman–Crippen MR) is 59.3 cm³/mol. The maximum Gasteiger partial charge on any atom is 0.326 e. The lowest BCUT2D eigenvalue weighted by atomic mass is 10.1. The van der Waals surface area contributed by atoms with Crippen molar-refractivity contribution < 1.29 is 14.6 Å². The van der Waals surface area contributed by atoms with E-state index in [1.165, 1.54) is 4.90 Å². The number of guanidine groups is 1. The Bertz CT molecular complexity index is 264. The fourth-order valence-electron chi connectivity index (χ4n) is 1.93. The van der Waals surface area contributed by atoms with Crippen molar-refractivity contribution in [1.82, 2.24) is 4.90 Å². The van der Waals surface area contributed by atoms with Crippen molar-refractivity contribution in [1.29, 1.82) is 5.41 Å². The second-order valence-corrected chi connectivity index (χ2v) is 3.93. The summed E-state index contributed by atoms with van der Waals surface area (Å²) < 4.78 is 5.42. The number of nitrogens with two attached hydrogens (primary N) is 1. The van der Waals surface area contributed by atoms with E-state index in [-0.39, 0.29) is 12.1 Å². The maximum atomic E-state index is 11.0. The van der Waals surface area contributed by atoms with E-state index in [0.29, 0.717) is 19.6 Å². The molecule has 0 aliphatic carbocycles. The highest BCUT2D eigenvalue weighted by atomic mass is 16.5. The van der Waals surface area contributed by atoms with Crippen LogP contribution in [0.1, 0.15) is 26.2 Å². The molecule has 1 aliphatic rings. The minimum absolute atomic E-state index is 0.00250. The minimum atomic E-state index is -0.948. The largest absolute Gasteiger partial charge is 0.480 e. The number of aliphatic carboxylic acids is 1. The highest BCUT2D eigenvalue weighted by Gasteiger charge is 2.28. The number of carboxylic acid groups (broad SMARTS) is 1. The number of carboxylic acids is 1. The van der Waals surface area contributed by atoms with Crippen LogP contribution in [0.3, 0.4) is 0 Å². The van der Waals surface area contributed by atoms with E-state index in [0.717, 1.165) is 12.8 Å². The third-order valence-electron chi connectivity index (χ3n) is 2.78. The van der Waals surface area contributed by atoms with Crippen LogP contribution >= 0.6 is 0 Å². The highest BCUT2D eigenvalue weighted by Crippen LogP contribution is 2.15. The van der Waals surface area contributed by atoms with Crippen LogP contribution in [-0.4, -0.2) is 47.2 Å². The Morgan fingerprint density at radius 3 is 2.81 bits per heavy atom. The van der Waals surface area contributed by atoms with Gasteiger partial charge in [-0.3, -0.25) is 5.41 Å². The fraction of sp³-hybridized carbons (Fsp3) is 0.800. The van der Waals surface area contributed by atoms with Crippen molar-refractivity contribution in [3.05, 3.63) is 0 Å². The monoisotopic (exact) mass is 229 g/mol. The molecule has 0 amide bonds. The number of hydrogen-bond donors (Lipinski definition) is 3. The number of carbonyl (C=O) groups is 1. The van der Waals surface area contributed by atoms with Gasteiger partial charge in [0.05, 0.1) is 6.10 Å². The quantitative estimate of drug-likeness (QED) is 0.462. The zero-order valence-electron chi connectivity index (χ0n) is 9.48. The summed E-state index contributed by atoms with van der Waals surface area (Å²) in [5.74, 6) is -1.15. The molecule has 1 rings (SSSR count). The van der Waals surface area contributed by atoms with Gasteiger partial charge in [-0.2, -0.15) is 0 Å². The number of ether oxygens (including phenoxy) is 1. The number of rotatable bonds is 5.